The molecule has 1 aromatic carbocycles. The van der Waals surface area contributed by atoms with Crippen molar-refractivity contribution in [1.29, 1.82) is 0 Å². The first kappa shape index (κ1) is 17.9. The molecule has 1 aliphatic heterocycles. The predicted octanol–water partition coefficient (Wildman–Crippen LogP) is 3.10. The molecule has 140 valence electrons. The lowest BCUT2D eigenvalue weighted by Crippen LogP contribution is -2.47. The molecular weight excluding hydrogens is 356 g/mol. The van der Waals surface area contributed by atoms with Crippen LogP contribution in [-0.4, -0.2) is 50.4 Å². The van der Waals surface area contributed by atoms with Crippen molar-refractivity contribution in [2.45, 2.75) is 13.6 Å². The molecule has 0 amide bonds. The van der Waals surface area contributed by atoms with Gasteiger partial charge in [-0.2, -0.15) is 5.10 Å². The Hall–Kier alpha value is -2.51. The fraction of sp³-hybridized carbons (Fsp3) is 0.350. The van der Waals surface area contributed by atoms with E-state index >= 15 is 0 Å². The van der Waals surface area contributed by atoms with Gasteiger partial charge in [-0.05, 0) is 36.8 Å². The number of hydrogen-bond acceptors (Lipinski definition) is 5. The van der Waals surface area contributed by atoms with E-state index < -0.39 is 0 Å². The highest BCUT2D eigenvalue weighted by molar-refractivity contribution is 7.71. The molecule has 0 unspecified atom stereocenters. The summed E-state index contributed by atoms with van der Waals surface area (Å²) in [6.45, 7) is 6.68. The number of aryl methyl sites for hydroxylation is 1. The summed E-state index contributed by atoms with van der Waals surface area (Å²) in [6, 6.07) is 14.4. The van der Waals surface area contributed by atoms with E-state index in [1.807, 2.05) is 46.8 Å². The van der Waals surface area contributed by atoms with Gasteiger partial charge in [0, 0.05) is 45.0 Å². The second-order valence-corrected chi connectivity index (χ2v) is 7.28. The third-order valence-electron chi connectivity index (χ3n) is 5.11. The topological polar surface area (TPSA) is 42.1 Å². The third-order valence-corrected chi connectivity index (χ3v) is 5.59. The van der Waals surface area contributed by atoms with E-state index in [0.29, 0.717) is 6.67 Å². The molecule has 0 N–H and O–H groups in total. The van der Waals surface area contributed by atoms with Crippen LogP contribution < -0.4 is 4.90 Å². The van der Waals surface area contributed by atoms with Crippen LogP contribution >= 0.6 is 12.2 Å². The molecule has 0 spiro atoms. The number of rotatable bonds is 4. The fourth-order valence-electron chi connectivity index (χ4n) is 3.49. The van der Waals surface area contributed by atoms with Gasteiger partial charge in [0.1, 0.15) is 5.82 Å². The highest BCUT2D eigenvalue weighted by atomic mass is 32.1. The van der Waals surface area contributed by atoms with Gasteiger partial charge >= 0.3 is 0 Å². The van der Waals surface area contributed by atoms with Gasteiger partial charge in [0.2, 0.25) is 0 Å². The summed E-state index contributed by atoms with van der Waals surface area (Å²) in [6.07, 6.45) is 1.85. The lowest BCUT2D eigenvalue weighted by Gasteiger charge is -2.35. The standard InChI is InChI=1S/C20H24N6S/c1-16-7-3-4-8-17(16)19-22-26(20(27)23(19)2)15-24-11-13-25(14-12-24)18-9-5-6-10-21-18/h3-10H,11-15H2,1-2H3. The second-order valence-electron chi connectivity index (χ2n) is 6.91. The average Bonchev–Trinajstić information content (AvgIpc) is 2.98. The maximum atomic E-state index is 5.64. The summed E-state index contributed by atoms with van der Waals surface area (Å²) in [4.78, 5) is 9.17. The summed E-state index contributed by atoms with van der Waals surface area (Å²) in [5, 5.41) is 4.82. The minimum absolute atomic E-state index is 0.717. The number of anilines is 1. The minimum atomic E-state index is 0.717. The zero-order valence-corrected chi connectivity index (χ0v) is 16.6. The fourth-order valence-corrected chi connectivity index (χ4v) is 3.67. The van der Waals surface area contributed by atoms with Crippen molar-refractivity contribution < 1.29 is 0 Å². The molecule has 0 aliphatic carbocycles. The van der Waals surface area contributed by atoms with Gasteiger partial charge in [-0.25, -0.2) is 9.67 Å². The maximum Gasteiger partial charge on any atom is 0.199 e. The number of aromatic nitrogens is 4. The van der Waals surface area contributed by atoms with Gasteiger partial charge in [-0.3, -0.25) is 4.90 Å². The van der Waals surface area contributed by atoms with Crippen molar-refractivity contribution in [2.24, 2.45) is 7.05 Å². The van der Waals surface area contributed by atoms with E-state index in [0.717, 1.165) is 48.2 Å². The van der Waals surface area contributed by atoms with Crippen molar-refractivity contribution in [3.8, 4) is 11.4 Å². The van der Waals surface area contributed by atoms with Crippen LogP contribution in [-0.2, 0) is 13.7 Å². The van der Waals surface area contributed by atoms with Crippen molar-refractivity contribution in [3.63, 3.8) is 0 Å². The van der Waals surface area contributed by atoms with Crippen molar-refractivity contribution >= 4 is 18.0 Å². The molecule has 6 nitrogen and oxygen atoms in total. The van der Waals surface area contributed by atoms with Crippen LogP contribution in [0.4, 0.5) is 5.82 Å². The highest BCUT2D eigenvalue weighted by Gasteiger charge is 2.20. The molecule has 0 radical (unpaired) electrons. The van der Waals surface area contributed by atoms with Crippen molar-refractivity contribution in [2.75, 3.05) is 31.1 Å². The number of benzene rings is 1. The molecule has 7 heteroatoms. The van der Waals surface area contributed by atoms with E-state index in [1.165, 1.54) is 5.56 Å². The van der Waals surface area contributed by atoms with Gasteiger partial charge < -0.3 is 9.47 Å². The Balaban J connectivity index is 1.47. The van der Waals surface area contributed by atoms with E-state index in [2.05, 4.69) is 39.9 Å². The molecule has 4 rings (SSSR count). The molecule has 0 atom stereocenters. The van der Waals surface area contributed by atoms with Crippen LogP contribution in [0.3, 0.4) is 0 Å². The molecule has 1 aliphatic rings. The third kappa shape index (κ3) is 3.65. The highest BCUT2D eigenvalue weighted by Crippen LogP contribution is 2.21. The Morgan fingerprint density at radius 2 is 1.74 bits per heavy atom. The van der Waals surface area contributed by atoms with Crippen LogP contribution in [0.15, 0.2) is 48.7 Å². The molecule has 0 saturated carbocycles. The first-order valence-corrected chi connectivity index (χ1v) is 9.62. The molecule has 1 fully saturated rings. The summed E-state index contributed by atoms with van der Waals surface area (Å²) in [7, 11) is 1.99. The molecule has 2 aromatic heterocycles. The maximum absolute atomic E-state index is 5.64. The first-order valence-electron chi connectivity index (χ1n) is 9.21. The number of nitrogens with zero attached hydrogens (tertiary/aromatic N) is 6. The smallest absolute Gasteiger partial charge is 0.199 e. The van der Waals surface area contributed by atoms with Gasteiger partial charge in [-0.1, -0.05) is 30.3 Å². The zero-order chi connectivity index (χ0) is 18.8. The van der Waals surface area contributed by atoms with Crippen LogP contribution in [0.25, 0.3) is 11.4 Å². The van der Waals surface area contributed by atoms with Crippen molar-refractivity contribution in [1.82, 2.24) is 24.2 Å². The molecule has 3 aromatic rings. The number of piperazine rings is 1. The zero-order valence-electron chi connectivity index (χ0n) is 15.7. The van der Waals surface area contributed by atoms with Gasteiger partial charge in [-0.15, -0.1) is 0 Å². The Morgan fingerprint density at radius 1 is 1.00 bits per heavy atom. The minimum Gasteiger partial charge on any atom is -0.354 e. The van der Waals surface area contributed by atoms with Crippen LogP contribution in [0, 0.1) is 11.7 Å². The van der Waals surface area contributed by atoms with E-state index in [9.17, 15) is 0 Å². The SMILES string of the molecule is Cc1ccccc1-c1nn(CN2CCN(c3ccccn3)CC2)c(=S)n1C. The summed E-state index contributed by atoms with van der Waals surface area (Å²) in [5.41, 5.74) is 2.33. The average molecular weight is 381 g/mol. The largest absolute Gasteiger partial charge is 0.354 e. The predicted molar refractivity (Wildman–Crippen MR) is 110 cm³/mol. The van der Waals surface area contributed by atoms with Crippen LogP contribution in [0.2, 0.25) is 0 Å². The van der Waals surface area contributed by atoms with Crippen molar-refractivity contribution in [3.05, 3.63) is 59.0 Å². The molecule has 0 bridgehead atoms. The summed E-state index contributed by atoms with van der Waals surface area (Å²) < 4.78 is 4.69. The lowest BCUT2D eigenvalue weighted by atomic mass is 10.1. The summed E-state index contributed by atoms with van der Waals surface area (Å²) >= 11 is 5.64. The normalized spacial score (nSPS) is 15.3. The second kappa shape index (κ2) is 7.62. The molecular formula is C20H24N6S. The number of hydrogen-bond donors (Lipinski definition) is 0. The van der Waals surface area contributed by atoms with Gasteiger partial charge in [0.25, 0.3) is 0 Å². The Kier molecular flexibility index (Phi) is 5.05. The molecule has 3 heterocycles. The van der Waals surface area contributed by atoms with Gasteiger partial charge in [0.05, 0.1) is 6.67 Å². The Labute approximate surface area is 164 Å². The monoisotopic (exact) mass is 380 g/mol. The Morgan fingerprint density at radius 3 is 2.44 bits per heavy atom. The van der Waals surface area contributed by atoms with E-state index in [4.69, 9.17) is 17.3 Å². The van der Waals surface area contributed by atoms with E-state index in [-0.39, 0.29) is 0 Å². The molecule has 27 heavy (non-hydrogen) atoms. The van der Waals surface area contributed by atoms with Crippen LogP contribution in [0.1, 0.15) is 5.56 Å². The van der Waals surface area contributed by atoms with Gasteiger partial charge in [0.15, 0.2) is 10.6 Å². The quantitative estimate of drug-likeness (QED) is 0.651. The molecule has 1 saturated heterocycles. The van der Waals surface area contributed by atoms with E-state index in [1.54, 1.807) is 0 Å². The Bertz CT molecular complexity index is 970. The number of pyridine rings is 1. The van der Waals surface area contributed by atoms with Crippen LogP contribution in [0.5, 0.6) is 0 Å². The summed E-state index contributed by atoms with van der Waals surface area (Å²) in [5.74, 6) is 1.97. The first-order chi connectivity index (χ1) is 13.1. The lowest BCUT2D eigenvalue weighted by molar-refractivity contribution is 0.194.